The SMILES string of the molecule is Cc1nn2c(c1CO)OC(C)(C)C2. The van der Waals surface area contributed by atoms with Crippen molar-refractivity contribution in [1.29, 1.82) is 0 Å². The van der Waals surface area contributed by atoms with Crippen LogP contribution in [0.4, 0.5) is 0 Å². The van der Waals surface area contributed by atoms with Crippen molar-refractivity contribution in [3.8, 4) is 5.88 Å². The van der Waals surface area contributed by atoms with Crippen molar-refractivity contribution in [1.82, 2.24) is 9.78 Å². The van der Waals surface area contributed by atoms with E-state index in [-0.39, 0.29) is 12.2 Å². The van der Waals surface area contributed by atoms with Crippen LogP contribution in [0.1, 0.15) is 25.1 Å². The predicted molar refractivity (Wildman–Crippen MR) is 47.6 cm³/mol. The molecule has 0 fully saturated rings. The van der Waals surface area contributed by atoms with Crippen molar-refractivity contribution in [2.75, 3.05) is 0 Å². The predicted octanol–water partition coefficient (Wildman–Crippen LogP) is 0.855. The summed E-state index contributed by atoms with van der Waals surface area (Å²) in [7, 11) is 0. The van der Waals surface area contributed by atoms with Gasteiger partial charge in [-0.15, -0.1) is 0 Å². The summed E-state index contributed by atoms with van der Waals surface area (Å²) in [6.45, 7) is 6.66. The molecular weight excluding hydrogens is 168 g/mol. The Kier molecular flexibility index (Phi) is 1.63. The molecule has 0 spiro atoms. The first-order valence-corrected chi connectivity index (χ1v) is 4.40. The lowest BCUT2D eigenvalue weighted by Crippen LogP contribution is -2.26. The van der Waals surface area contributed by atoms with Gasteiger partial charge in [-0.25, -0.2) is 4.68 Å². The van der Waals surface area contributed by atoms with Crippen molar-refractivity contribution in [3.05, 3.63) is 11.3 Å². The minimum Gasteiger partial charge on any atom is -0.470 e. The average Bonchev–Trinajstić information content (AvgIpc) is 2.39. The fourth-order valence-electron chi connectivity index (χ4n) is 1.66. The minimum atomic E-state index is -0.194. The lowest BCUT2D eigenvalue weighted by Gasteiger charge is -2.16. The summed E-state index contributed by atoms with van der Waals surface area (Å²) in [5.74, 6) is 0.727. The van der Waals surface area contributed by atoms with Gasteiger partial charge < -0.3 is 9.84 Å². The van der Waals surface area contributed by atoms with Crippen LogP contribution < -0.4 is 4.74 Å². The summed E-state index contributed by atoms with van der Waals surface area (Å²) in [5, 5.41) is 13.4. The van der Waals surface area contributed by atoms with Crippen LogP contribution in [0.3, 0.4) is 0 Å². The van der Waals surface area contributed by atoms with Crippen LogP contribution in [0.15, 0.2) is 0 Å². The molecule has 1 aliphatic rings. The third-order valence-electron chi connectivity index (χ3n) is 2.26. The quantitative estimate of drug-likeness (QED) is 0.700. The topological polar surface area (TPSA) is 47.3 Å². The van der Waals surface area contributed by atoms with Gasteiger partial charge in [0.15, 0.2) is 0 Å². The zero-order valence-electron chi connectivity index (χ0n) is 8.16. The van der Waals surface area contributed by atoms with Gasteiger partial charge in [0, 0.05) is 0 Å². The van der Waals surface area contributed by atoms with Gasteiger partial charge in [0.05, 0.1) is 24.4 Å². The maximum atomic E-state index is 9.11. The molecule has 0 saturated carbocycles. The fraction of sp³-hybridized carbons (Fsp3) is 0.667. The molecule has 0 amide bonds. The van der Waals surface area contributed by atoms with Gasteiger partial charge in [-0.1, -0.05) is 0 Å². The van der Waals surface area contributed by atoms with Gasteiger partial charge >= 0.3 is 0 Å². The highest BCUT2D eigenvalue weighted by molar-refractivity contribution is 5.32. The van der Waals surface area contributed by atoms with Gasteiger partial charge in [-0.2, -0.15) is 5.10 Å². The van der Waals surface area contributed by atoms with E-state index in [9.17, 15) is 0 Å². The van der Waals surface area contributed by atoms with Crippen molar-refractivity contribution >= 4 is 0 Å². The first-order valence-electron chi connectivity index (χ1n) is 4.40. The molecule has 1 N–H and O–H groups in total. The summed E-state index contributed by atoms with van der Waals surface area (Å²) in [6.07, 6.45) is 0. The van der Waals surface area contributed by atoms with E-state index in [2.05, 4.69) is 5.10 Å². The van der Waals surface area contributed by atoms with Crippen molar-refractivity contribution < 1.29 is 9.84 Å². The Labute approximate surface area is 77.1 Å². The fourth-order valence-corrected chi connectivity index (χ4v) is 1.66. The van der Waals surface area contributed by atoms with Gasteiger partial charge in [0.25, 0.3) is 0 Å². The molecule has 2 rings (SSSR count). The number of aliphatic hydroxyl groups is 1. The van der Waals surface area contributed by atoms with Crippen LogP contribution in [-0.4, -0.2) is 20.5 Å². The summed E-state index contributed by atoms with van der Waals surface area (Å²) in [4.78, 5) is 0. The third kappa shape index (κ3) is 1.21. The highest BCUT2D eigenvalue weighted by Gasteiger charge is 2.33. The van der Waals surface area contributed by atoms with Crippen LogP contribution in [-0.2, 0) is 13.2 Å². The van der Waals surface area contributed by atoms with Gasteiger partial charge in [-0.05, 0) is 20.8 Å². The molecule has 0 atom stereocenters. The number of hydrogen-bond acceptors (Lipinski definition) is 3. The minimum absolute atomic E-state index is 0.00273. The van der Waals surface area contributed by atoms with E-state index in [1.165, 1.54) is 0 Å². The summed E-state index contributed by atoms with van der Waals surface area (Å²) in [6, 6.07) is 0. The number of hydrogen-bond donors (Lipinski definition) is 1. The van der Waals surface area contributed by atoms with Crippen molar-refractivity contribution in [2.24, 2.45) is 0 Å². The average molecular weight is 182 g/mol. The lowest BCUT2D eigenvalue weighted by atomic mass is 10.1. The van der Waals surface area contributed by atoms with E-state index >= 15 is 0 Å². The second-order valence-electron chi connectivity index (χ2n) is 4.05. The van der Waals surface area contributed by atoms with E-state index in [4.69, 9.17) is 9.84 Å². The van der Waals surface area contributed by atoms with Crippen LogP contribution in [0.5, 0.6) is 5.88 Å². The number of nitrogens with zero attached hydrogens (tertiary/aromatic N) is 2. The third-order valence-corrected chi connectivity index (χ3v) is 2.26. The Morgan fingerprint density at radius 3 is 2.92 bits per heavy atom. The highest BCUT2D eigenvalue weighted by atomic mass is 16.5. The summed E-state index contributed by atoms with van der Waals surface area (Å²) < 4.78 is 7.50. The van der Waals surface area contributed by atoms with Gasteiger partial charge in [0.2, 0.25) is 5.88 Å². The first-order chi connectivity index (χ1) is 6.03. The number of aromatic nitrogens is 2. The molecular formula is C9H14N2O2. The largest absolute Gasteiger partial charge is 0.470 e. The van der Waals surface area contributed by atoms with Crippen molar-refractivity contribution in [3.63, 3.8) is 0 Å². The molecule has 0 bridgehead atoms. The lowest BCUT2D eigenvalue weighted by molar-refractivity contribution is 0.131. The molecule has 13 heavy (non-hydrogen) atoms. The van der Waals surface area contributed by atoms with E-state index in [1.54, 1.807) is 0 Å². The molecule has 0 unspecified atom stereocenters. The van der Waals surface area contributed by atoms with Crippen LogP contribution in [0.25, 0.3) is 0 Å². The van der Waals surface area contributed by atoms with Crippen LogP contribution in [0, 0.1) is 6.92 Å². The normalized spacial score (nSPS) is 18.5. The van der Waals surface area contributed by atoms with Crippen molar-refractivity contribution in [2.45, 2.75) is 39.5 Å². The molecule has 4 nitrogen and oxygen atoms in total. The van der Waals surface area contributed by atoms with Gasteiger partial charge in [-0.3, -0.25) is 0 Å². The zero-order valence-corrected chi connectivity index (χ0v) is 8.16. The maximum Gasteiger partial charge on any atom is 0.218 e. The molecule has 72 valence electrons. The second kappa shape index (κ2) is 2.48. The monoisotopic (exact) mass is 182 g/mol. The molecule has 1 aromatic heterocycles. The number of aliphatic hydroxyl groups excluding tert-OH is 1. The van der Waals surface area contributed by atoms with E-state index < -0.39 is 0 Å². The molecule has 1 aromatic rings. The summed E-state index contributed by atoms with van der Waals surface area (Å²) >= 11 is 0. The number of fused-ring (bicyclic) bond motifs is 1. The number of aryl methyl sites for hydroxylation is 1. The Hall–Kier alpha value is -1.03. The Balaban J connectivity index is 2.44. The van der Waals surface area contributed by atoms with Crippen LogP contribution >= 0.6 is 0 Å². The Morgan fingerprint density at radius 2 is 2.31 bits per heavy atom. The molecule has 0 aliphatic carbocycles. The Bertz CT molecular complexity index is 342. The first kappa shape index (κ1) is 8.56. The second-order valence-corrected chi connectivity index (χ2v) is 4.05. The molecule has 0 radical (unpaired) electrons. The molecule has 0 saturated heterocycles. The maximum absolute atomic E-state index is 9.11. The molecule has 1 aliphatic heterocycles. The number of rotatable bonds is 1. The number of ether oxygens (including phenoxy) is 1. The van der Waals surface area contributed by atoms with E-state index in [1.807, 2.05) is 25.5 Å². The highest BCUT2D eigenvalue weighted by Crippen LogP contribution is 2.33. The van der Waals surface area contributed by atoms with Gasteiger partial charge in [0.1, 0.15) is 5.60 Å². The zero-order chi connectivity index (χ0) is 9.64. The summed E-state index contributed by atoms with van der Waals surface area (Å²) in [5.41, 5.74) is 1.47. The molecule has 4 heteroatoms. The smallest absolute Gasteiger partial charge is 0.218 e. The standard InChI is InChI=1S/C9H14N2O2/c1-6-7(4-12)8-11(10-6)5-9(2,3)13-8/h12H,4-5H2,1-3H3. The Morgan fingerprint density at radius 1 is 1.62 bits per heavy atom. The van der Waals surface area contributed by atoms with E-state index in [0.29, 0.717) is 0 Å². The molecule has 0 aromatic carbocycles. The van der Waals surface area contributed by atoms with E-state index in [0.717, 1.165) is 23.7 Å². The van der Waals surface area contributed by atoms with Crippen LogP contribution in [0.2, 0.25) is 0 Å². The molecule has 2 heterocycles.